The van der Waals surface area contributed by atoms with E-state index in [1.807, 2.05) is 58.3 Å². The van der Waals surface area contributed by atoms with Crippen molar-refractivity contribution >= 4 is 39.8 Å². The molecule has 32 heavy (non-hydrogen) atoms. The van der Waals surface area contributed by atoms with Crippen molar-refractivity contribution in [3.8, 4) is 5.75 Å². The third kappa shape index (κ3) is 8.25. The molecule has 0 amide bonds. The van der Waals surface area contributed by atoms with Crippen LogP contribution in [0.2, 0.25) is 0 Å². The van der Waals surface area contributed by atoms with Gasteiger partial charge in [-0.2, -0.15) is 0 Å². The molecule has 0 aliphatic carbocycles. The minimum atomic E-state index is -3.22. The molecule has 1 unspecified atom stereocenters. The first-order valence-electron chi connectivity index (χ1n) is 10.3. The quantitative estimate of drug-likeness (QED) is 0.272. The third-order valence-electron chi connectivity index (χ3n) is 4.97. The second-order valence-electron chi connectivity index (χ2n) is 7.70. The number of nitrogens with one attached hydrogen (secondary N) is 2. The standard InChI is InChI=1S/C23H34N4O3S.HI/c1-7-24-23(25-15-18-11-12-22(17(2)13-18)31(6,28)29)26-16-21(27(3)4)19-9-8-10-20(14-19)30-5;/h8-14,21H,7,15-16H2,1-6H3,(H2,24,25,26);1H. The van der Waals surface area contributed by atoms with Crippen LogP contribution in [0.1, 0.15) is 29.7 Å². The Morgan fingerprint density at radius 1 is 1.16 bits per heavy atom. The molecule has 0 bridgehead atoms. The number of benzene rings is 2. The highest BCUT2D eigenvalue weighted by Crippen LogP contribution is 2.22. The van der Waals surface area contributed by atoms with Crippen molar-refractivity contribution in [3.63, 3.8) is 0 Å². The summed E-state index contributed by atoms with van der Waals surface area (Å²) < 4.78 is 29.0. The number of aryl methyl sites for hydroxylation is 1. The number of guanidine groups is 1. The fourth-order valence-electron chi connectivity index (χ4n) is 3.38. The molecule has 0 saturated heterocycles. The van der Waals surface area contributed by atoms with Crippen molar-refractivity contribution in [1.82, 2.24) is 15.5 Å². The number of aliphatic imine (C=N–C) groups is 1. The predicted molar refractivity (Wildman–Crippen MR) is 142 cm³/mol. The van der Waals surface area contributed by atoms with E-state index in [1.54, 1.807) is 13.2 Å². The lowest BCUT2D eigenvalue weighted by atomic mass is 10.1. The van der Waals surface area contributed by atoms with Crippen molar-refractivity contribution in [2.75, 3.05) is 40.6 Å². The van der Waals surface area contributed by atoms with Gasteiger partial charge in [0.05, 0.1) is 24.6 Å². The maximum Gasteiger partial charge on any atom is 0.191 e. The Balaban J connectivity index is 0.00000512. The van der Waals surface area contributed by atoms with Crippen LogP contribution in [0.4, 0.5) is 0 Å². The van der Waals surface area contributed by atoms with Gasteiger partial charge in [-0.1, -0.05) is 24.3 Å². The van der Waals surface area contributed by atoms with Gasteiger partial charge in [-0.15, -0.1) is 24.0 Å². The molecule has 2 aromatic rings. The van der Waals surface area contributed by atoms with Gasteiger partial charge in [0.25, 0.3) is 0 Å². The molecule has 178 valence electrons. The van der Waals surface area contributed by atoms with Crippen molar-refractivity contribution in [3.05, 3.63) is 59.2 Å². The molecule has 0 aromatic heterocycles. The van der Waals surface area contributed by atoms with Gasteiger partial charge in [0.2, 0.25) is 0 Å². The van der Waals surface area contributed by atoms with Gasteiger partial charge in [0, 0.05) is 19.3 Å². The Morgan fingerprint density at radius 2 is 1.88 bits per heavy atom. The van der Waals surface area contributed by atoms with Crippen LogP contribution in [0.25, 0.3) is 0 Å². The lowest BCUT2D eigenvalue weighted by Crippen LogP contribution is -2.41. The minimum absolute atomic E-state index is 0. The van der Waals surface area contributed by atoms with Gasteiger partial charge in [-0.3, -0.25) is 0 Å². The van der Waals surface area contributed by atoms with Crippen LogP contribution in [0.3, 0.4) is 0 Å². The summed E-state index contributed by atoms with van der Waals surface area (Å²) in [7, 11) is 2.53. The molecule has 9 heteroatoms. The van der Waals surface area contributed by atoms with Crippen molar-refractivity contribution < 1.29 is 13.2 Å². The monoisotopic (exact) mass is 574 g/mol. The van der Waals surface area contributed by atoms with Crippen LogP contribution < -0.4 is 15.4 Å². The molecule has 0 saturated carbocycles. The van der Waals surface area contributed by atoms with Crippen molar-refractivity contribution in [2.24, 2.45) is 4.99 Å². The number of sulfone groups is 1. The summed E-state index contributed by atoms with van der Waals surface area (Å²) >= 11 is 0. The Bertz CT molecular complexity index is 1010. The lowest BCUT2D eigenvalue weighted by molar-refractivity contribution is 0.297. The van der Waals surface area contributed by atoms with E-state index in [2.05, 4.69) is 26.6 Å². The molecule has 7 nitrogen and oxygen atoms in total. The van der Waals surface area contributed by atoms with E-state index in [4.69, 9.17) is 4.74 Å². The number of rotatable bonds is 9. The Morgan fingerprint density at radius 3 is 2.44 bits per heavy atom. The largest absolute Gasteiger partial charge is 0.497 e. The molecule has 2 rings (SSSR count). The van der Waals surface area contributed by atoms with Crippen LogP contribution in [0.5, 0.6) is 5.75 Å². The molecule has 0 radical (unpaired) electrons. The van der Waals surface area contributed by atoms with Crippen LogP contribution in [0, 0.1) is 6.92 Å². The molecular weight excluding hydrogens is 539 g/mol. The van der Waals surface area contributed by atoms with Crippen LogP contribution >= 0.6 is 24.0 Å². The van der Waals surface area contributed by atoms with E-state index in [1.165, 1.54) is 6.26 Å². The summed E-state index contributed by atoms with van der Waals surface area (Å²) in [5.41, 5.74) is 2.85. The third-order valence-corrected chi connectivity index (χ3v) is 6.22. The molecular formula is C23H35IN4O3S. The molecule has 1 atom stereocenters. The molecule has 0 aliphatic heterocycles. The molecule has 0 spiro atoms. The number of halogens is 1. The van der Waals surface area contributed by atoms with Gasteiger partial charge in [0.1, 0.15) is 5.75 Å². The van der Waals surface area contributed by atoms with E-state index >= 15 is 0 Å². The molecule has 0 aliphatic rings. The van der Waals surface area contributed by atoms with Gasteiger partial charge in [0.15, 0.2) is 15.8 Å². The maximum absolute atomic E-state index is 11.8. The predicted octanol–water partition coefficient (Wildman–Crippen LogP) is 3.38. The number of likely N-dealkylation sites (N-methyl/N-ethyl adjacent to an activating group) is 1. The highest BCUT2D eigenvalue weighted by molar-refractivity contribution is 14.0. The summed E-state index contributed by atoms with van der Waals surface area (Å²) in [6.07, 6.45) is 1.23. The second-order valence-corrected chi connectivity index (χ2v) is 9.69. The summed E-state index contributed by atoms with van der Waals surface area (Å²) in [5, 5.41) is 6.69. The normalized spacial score (nSPS) is 12.8. The maximum atomic E-state index is 11.8. The first kappa shape index (κ1) is 28.2. The van der Waals surface area contributed by atoms with Crippen molar-refractivity contribution in [1.29, 1.82) is 0 Å². The SMILES string of the molecule is CCNC(=NCc1ccc(S(C)(=O)=O)c(C)c1)NCC(c1cccc(OC)c1)N(C)C.I. The number of ether oxygens (including phenoxy) is 1. The average Bonchev–Trinajstić information content (AvgIpc) is 2.71. The van der Waals surface area contributed by atoms with E-state index < -0.39 is 9.84 Å². The number of hydrogen-bond donors (Lipinski definition) is 2. The fraction of sp³-hybridized carbons (Fsp3) is 0.435. The van der Waals surface area contributed by atoms with Crippen molar-refractivity contribution in [2.45, 2.75) is 31.3 Å². The summed E-state index contributed by atoms with van der Waals surface area (Å²) in [6, 6.07) is 13.5. The first-order valence-corrected chi connectivity index (χ1v) is 12.2. The van der Waals surface area contributed by atoms with E-state index in [0.29, 0.717) is 23.9 Å². The second kappa shape index (κ2) is 13.0. The number of hydrogen-bond acceptors (Lipinski definition) is 5. The number of methoxy groups -OCH3 is 1. The van der Waals surface area contributed by atoms with E-state index in [9.17, 15) is 8.42 Å². The fourth-order valence-corrected chi connectivity index (χ4v) is 4.34. The molecule has 2 N–H and O–H groups in total. The van der Waals surface area contributed by atoms with E-state index in [0.717, 1.165) is 29.0 Å². The zero-order chi connectivity index (χ0) is 23.0. The van der Waals surface area contributed by atoms with Crippen LogP contribution in [-0.2, 0) is 16.4 Å². The molecule has 2 aromatic carbocycles. The highest BCUT2D eigenvalue weighted by Gasteiger charge is 2.16. The zero-order valence-electron chi connectivity index (χ0n) is 19.7. The minimum Gasteiger partial charge on any atom is -0.497 e. The first-order chi connectivity index (χ1) is 14.7. The molecule has 0 heterocycles. The van der Waals surface area contributed by atoms with Gasteiger partial charge in [-0.05, 0) is 62.8 Å². The lowest BCUT2D eigenvalue weighted by Gasteiger charge is -2.26. The summed E-state index contributed by atoms with van der Waals surface area (Å²) in [6.45, 7) is 5.68. The average molecular weight is 575 g/mol. The highest BCUT2D eigenvalue weighted by atomic mass is 127. The van der Waals surface area contributed by atoms with E-state index in [-0.39, 0.29) is 30.0 Å². The Kier molecular flexibility index (Phi) is 11.5. The smallest absolute Gasteiger partial charge is 0.191 e. The van der Waals surface area contributed by atoms with Gasteiger partial charge < -0.3 is 20.3 Å². The number of nitrogens with zero attached hydrogens (tertiary/aromatic N) is 2. The van der Waals surface area contributed by atoms with Gasteiger partial charge in [-0.25, -0.2) is 13.4 Å². The molecule has 0 fully saturated rings. The zero-order valence-corrected chi connectivity index (χ0v) is 22.8. The Labute approximate surface area is 209 Å². The summed E-state index contributed by atoms with van der Waals surface area (Å²) in [5.74, 6) is 1.54. The Hall–Kier alpha value is -1.85. The van der Waals surface area contributed by atoms with Gasteiger partial charge >= 0.3 is 0 Å². The van der Waals surface area contributed by atoms with Crippen LogP contribution in [-0.4, -0.2) is 59.8 Å². The van der Waals surface area contributed by atoms with Crippen LogP contribution in [0.15, 0.2) is 52.4 Å². The summed E-state index contributed by atoms with van der Waals surface area (Å²) in [4.78, 5) is 7.19. The topological polar surface area (TPSA) is 83.0 Å².